The Bertz CT molecular complexity index is 1010. The highest BCUT2D eigenvalue weighted by atomic mass is 19.1. The fourth-order valence-corrected chi connectivity index (χ4v) is 2.56. The molecule has 0 atom stereocenters. The predicted octanol–water partition coefficient (Wildman–Crippen LogP) is 3.68. The van der Waals surface area contributed by atoms with Crippen molar-refractivity contribution in [2.45, 2.75) is 13.5 Å². The zero-order valence-electron chi connectivity index (χ0n) is 14.1. The molecule has 1 heterocycles. The smallest absolute Gasteiger partial charge is 0.269 e. The van der Waals surface area contributed by atoms with Crippen molar-refractivity contribution < 1.29 is 18.5 Å². The van der Waals surface area contributed by atoms with Crippen LogP contribution in [0.5, 0.6) is 0 Å². The first-order valence-corrected chi connectivity index (χ1v) is 7.88. The number of halogens is 2. The Labute approximate surface area is 152 Å². The van der Waals surface area contributed by atoms with Crippen molar-refractivity contribution in [2.75, 3.05) is 5.32 Å². The molecular weight excluding hydrogens is 358 g/mol. The van der Waals surface area contributed by atoms with Gasteiger partial charge in [0.25, 0.3) is 11.6 Å². The predicted molar refractivity (Wildman–Crippen MR) is 93.5 cm³/mol. The van der Waals surface area contributed by atoms with Gasteiger partial charge in [0.05, 0.1) is 11.5 Å². The normalized spacial score (nSPS) is 10.6. The molecule has 1 aromatic heterocycles. The van der Waals surface area contributed by atoms with Crippen molar-refractivity contribution in [3.05, 3.63) is 87.1 Å². The summed E-state index contributed by atoms with van der Waals surface area (Å²) in [5, 5.41) is 17.3. The molecule has 27 heavy (non-hydrogen) atoms. The second-order valence-corrected chi connectivity index (χ2v) is 5.82. The molecule has 0 fully saturated rings. The highest BCUT2D eigenvalue weighted by Crippen LogP contribution is 2.19. The van der Waals surface area contributed by atoms with Gasteiger partial charge < -0.3 is 5.32 Å². The molecule has 0 aliphatic heterocycles. The monoisotopic (exact) mass is 372 g/mol. The molecule has 2 aromatic carbocycles. The summed E-state index contributed by atoms with van der Waals surface area (Å²) in [7, 11) is 0. The van der Waals surface area contributed by atoms with Crippen LogP contribution in [0, 0.1) is 28.7 Å². The lowest BCUT2D eigenvalue weighted by Gasteiger charge is -2.07. The van der Waals surface area contributed by atoms with Crippen LogP contribution in [0.3, 0.4) is 0 Å². The molecule has 1 N–H and O–H groups in total. The van der Waals surface area contributed by atoms with Crippen molar-refractivity contribution in [3.63, 3.8) is 0 Å². The van der Waals surface area contributed by atoms with Gasteiger partial charge in [0.15, 0.2) is 5.82 Å². The number of nitrogens with one attached hydrogen (secondary N) is 1. The average Bonchev–Trinajstić information content (AvgIpc) is 3.03. The maximum Gasteiger partial charge on any atom is 0.269 e. The van der Waals surface area contributed by atoms with Gasteiger partial charge in [-0.25, -0.2) is 8.78 Å². The topological polar surface area (TPSA) is 90.1 Å². The van der Waals surface area contributed by atoms with Crippen LogP contribution in [0.4, 0.5) is 20.3 Å². The minimum Gasteiger partial charge on any atom is -0.305 e. The molecule has 3 aromatic rings. The van der Waals surface area contributed by atoms with Crippen molar-refractivity contribution in [1.29, 1.82) is 0 Å². The third-order valence-electron chi connectivity index (χ3n) is 3.94. The number of hydrogen-bond acceptors (Lipinski definition) is 4. The Hall–Kier alpha value is -3.62. The third-order valence-corrected chi connectivity index (χ3v) is 3.94. The Balaban J connectivity index is 1.74. The maximum atomic E-state index is 13.7. The Morgan fingerprint density at radius 2 is 1.93 bits per heavy atom. The number of carbonyl (C=O) groups is 1. The number of nitro benzene ring substituents is 1. The van der Waals surface area contributed by atoms with Crippen molar-refractivity contribution in [2.24, 2.45) is 0 Å². The van der Waals surface area contributed by atoms with Gasteiger partial charge in [-0.3, -0.25) is 19.6 Å². The number of nitro groups is 1. The van der Waals surface area contributed by atoms with E-state index in [2.05, 4.69) is 10.4 Å². The molecular formula is C18H14F2N4O3. The maximum absolute atomic E-state index is 13.7. The second kappa shape index (κ2) is 7.32. The van der Waals surface area contributed by atoms with E-state index in [4.69, 9.17) is 0 Å². The molecule has 0 aliphatic carbocycles. The van der Waals surface area contributed by atoms with E-state index in [-0.39, 0.29) is 11.5 Å². The van der Waals surface area contributed by atoms with E-state index in [0.29, 0.717) is 6.54 Å². The molecule has 0 bridgehead atoms. The highest BCUT2D eigenvalue weighted by Gasteiger charge is 2.18. The van der Waals surface area contributed by atoms with E-state index < -0.39 is 28.0 Å². The van der Waals surface area contributed by atoms with Crippen LogP contribution in [0.2, 0.25) is 0 Å². The van der Waals surface area contributed by atoms with Crippen molar-refractivity contribution in [1.82, 2.24) is 9.78 Å². The van der Waals surface area contributed by atoms with E-state index in [1.54, 1.807) is 19.2 Å². The molecule has 0 saturated carbocycles. The summed E-state index contributed by atoms with van der Waals surface area (Å²) in [5.74, 6) is -2.74. The third kappa shape index (κ3) is 3.97. The van der Waals surface area contributed by atoms with Gasteiger partial charge in [0.2, 0.25) is 0 Å². The number of hydrogen-bond donors (Lipinski definition) is 1. The molecule has 0 unspecified atom stereocenters. The lowest BCUT2D eigenvalue weighted by Crippen LogP contribution is -2.16. The number of nitrogens with zero attached hydrogens (tertiary/aromatic N) is 3. The zero-order valence-corrected chi connectivity index (χ0v) is 14.1. The molecule has 0 aliphatic rings. The quantitative estimate of drug-likeness (QED) is 0.546. The van der Waals surface area contributed by atoms with Gasteiger partial charge >= 0.3 is 0 Å². The molecule has 0 radical (unpaired) electrons. The number of aryl methyl sites for hydroxylation is 1. The second-order valence-electron chi connectivity index (χ2n) is 5.82. The average molecular weight is 372 g/mol. The molecule has 7 nitrogen and oxygen atoms in total. The molecule has 138 valence electrons. The lowest BCUT2D eigenvalue weighted by atomic mass is 10.1. The molecule has 0 saturated heterocycles. The number of non-ortho nitro benzene ring substituents is 1. The summed E-state index contributed by atoms with van der Waals surface area (Å²) in [6.07, 6.45) is 1.58. The fourth-order valence-electron chi connectivity index (χ4n) is 2.56. The van der Waals surface area contributed by atoms with Gasteiger partial charge in [-0.2, -0.15) is 5.10 Å². The number of anilines is 1. The van der Waals surface area contributed by atoms with Gasteiger partial charge in [0.1, 0.15) is 17.2 Å². The number of carbonyl (C=O) groups excluding carboxylic acids is 1. The first kappa shape index (κ1) is 18.2. The number of amides is 1. The van der Waals surface area contributed by atoms with Crippen LogP contribution in [-0.4, -0.2) is 20.6 Å². The summed E-state index contributed by atoms with van der Waals surface area (Å²) >= 11 is 0. The van der Waals surface area contributed by atoms with Crippen LogP contribution < -0.4 is 5.32 Å². The summed E-state index contributed by atoms with van der Waals surface area (Å²) in [5.41, 5.74) is 0.843. The molecule has 0 spiro atoms. The number of aromatic nitrogens is 2. The van der Waals surface area contributed by atoms with Gasteiger partial charge in [-0.1, -0.05) is 12.1 Å². The van der Waals surface area contributed by atoms with E-state index in [1.165, 1.54) is 28.9 Å². The Kier molecular flexibility index (Phi) is 4.93. The summed E-state index contributed by atoms with van der Waals surface area (Å²) in [4.78, 5) is 22.4. The molecule has 1 amide bonds. The number of benzene rings is 2. The summed E-state index contributed by atoms with van der Waals surface area (Å²) < 4.78 is 28.8. The number of rotatable bonds is 5. The van der Waals surface area contributed by atoms with Gasteiger partial charge in [-0.15, -0.1) is 0 Å². The van der Waals surface area contributed by atoms with E-state index in [1.807, 2.05) is 0 Å². The van der Waals surface area contributed by atoms with Gasteiger partial charge in [0, 0.05) is 24.4 Å². The summed E-state index contributed by atoms with van der Waals surface area (Å²) in [6.45, 7) is 2.06. The minimum absolute atomic E-state index is 0.00316. The van der Waals surface area contributed by atoms with E-state index in [9.17, 15) is 23.7 Å². The summed E-state index contributed by atoms with van der Waals surface area (Å²) in [6, 6.07) is 9.13. The Morgan fingerprint density at radius 3 is 2.56 bits per heavy atom. The van der Waals surface area contributed by atoms with Crippen LogP contribution in [0.25, 0.3) is 0 Å². The van der Waals surface area contributed by atoms with Crippen LogP contribution in [0.1, 0.15) is 21.5 Å². The van der Waals surface area contributed by atoms with Crippen LogP contribution in [0.15, 0.2) is 48.7 Å². The van der Waals surface area contributed by atoms with E-state index in [0.717, 1.165) is 23.3 Å². The SMILES string of the molecule is Cc1cc([N+](=O)[O-])ccc1Cn1ccc(NC(=O)c2c(F)cccc2F)n1. The standard InChI is InChI=1S/C18H14F2N4O3/c1-11-9-13(24(26)27)6-5-12(11)10-23-8-7-16(22-23)21-18(25)17-14(19)3-2-4-15(17)20/h2-9H,10H2,1H3,(H,21,22,25). The molecule has 3 rings (SSSR count). The van der Waals surface area contributed by atoms with Crippen molar-refractivity contribution in [3.8, 4) is 0 Å². The zero-order chi connectivity index (χ0) is 19.6. The Morgan fingerprint density at radius 1 is 1.22 bits per heavy atom. The highest BCUT2D eigenvalue weighted by molar-refractivity contribution is 6.04. The first-order valence-electron chi connectivity index (χ1n) is 7.88. The van der Waals surface area contributed by atoms with E-state index >= 15 is 0 Å². The van der Waals surface area contributed by atoms with Gasteiger partial charge in [-0.05, 0) is 30.2 Å². The first-order chi connectivity index (χ1) is 12.8. The minimum atomic E-state index is -0.964. The molecule has 9 heteroatoms. The lowest BCUT2D eigenvalue weighted by molar-refractivity contribution is -0.384. The fraction of sp³-hybridized carbons (Fsp3) is 0.111. The largest absolute Gasteiger partial charge is 0.305 e. The van der Waals surface area contributed by atoms with Crippen LogP contribution >= 0.6 is 0 Å². The van der Waals surface area contributed by atoms with Crippen LogP contribution in [-0.2, 0) is 6.54 Å². The van der Waals surface area contributed by atoms with Crippen molar-refractivity contribution >= 4 is 17.4 Å².